The van der Waals surface area contributed by atoms with Crippen molar-refractivity contribution in [3.05, 3.63) is 96.2 Å². The Balaban J connectivity index is 1.87. The van der Waals surface area contributed by atoms with Gasteiger partial charge in [-0.25, -0.2) is 0 Å². The average Bonchev–Trinajstić information content (AvgIpc) is 3.16. The number of aromatic nitrogens is 1. The molecule has 3 aromatic carbocycles. The number of nitrogens with zero attached hydrogens (tertiary/aromatic N) is 1. The van der Waals surface area contributed by atoms with Crippen LogP contribution in [-0.4, -0.2) is 12.9 Å². The molecule has 0 amide bonds. The van der Waals surface area contributed by atoms with Gasteiger partial charge in [0, 0.05) is 22.8 Å². The maximum Gasteiger partial charge on any atom is 0.231 e. The first-order chi connectivity index (χ1) is 14.5. The van der Waals surface area contributed by atoms with E-state index in [2.05, 4.69) is 117 Å². The molecular weight excluding hydrogens is 382 g/mol. The van der Waals surface area contributed by atoms with Crippen molar-refractivity contribution in [1.29, 1.82) is 0 Å². The highest BCUT2D eigenvalue weighted by molar-refractivity contribution is 6.90. The molecule has 0 saturated heterocycles. The Morgan fingerprint density at radius 3 is 2.03 bits per heavy atom. The molecule has 1 aliphatic heterocycles. The summed E-state index contributed by atoms with van der Waals surface area (Å²) in [6.45, 7) is 9.41. The van der Waals surface area contributed by atoms with E-state index >= 15 is 0 Å². The second kappa shape index (κ2) is 7.26. The van der Waals surface area contributed by atoms with E-state index in [0.29, 0.717) is 11.1 Å². The summed E-state index contributed by atoms with van der Waals surface area (Å²) in [6.07, 6.45) is 2.28. The molecule has 0 radical (unpaired) electrons. The largest absolute Gasteiger partial charge is 0.401 e. The Morgan fingerprint density at radius 1 is 0.767 bits per heavy atom. The molecule has 0 saturated carbocycles. The highest BCUT2D eigenvalue weighted by Crippen LogP contribution is 2.46. The van der Waals surface area contributed by atoms with Crippen LogP contribution in [0.15, 0.2) is 85.1 Å². The Labute approximate surface area is 180 Å². The molecule has 152 valence electrons. The van der Waals surface area contributed by atoms with Crippen LogP contribution < -0.4 is 5.19 Å². The molecule has 0 aliphatic carbocycles. The van der Waals surface area contributed by atoms with Gasteiger partial charge in [0.2, 0.25) is 8.32 Å². The highest BCUT2D eigenvalue weighted by atomic mass is 28.4. The minimum atomic E-state index is -2.24. The predicted molar refractivity (Wildman–Crippen MR) is 128 cm³/mol. The first kappa shape index (κ1) is 19.3. The molecule has 30 heavy (non-hydrogen) atoms. The maximum atomic E-state index is 7.27. The van der Waals surface area contributed by atoms with Crippen LogP contribution in [0.1, 0.15) is 44.9 Å². The summed E-state index contributed by atoms with van der Waals surface area (Å²) in [4.78, 5) is 0. The molecule has 1 atom stereocenters. The van der Waals surface area contributed by atoms with Gasteiger partial charge in [0.25, 0.3) is 0 Å². The third-order valence-electron chi connectivity index (χ3n) is 6.73. The minimum absolute atomic E-state index is 0.0231. The van der Waals surface area contributed by atoms with Crippen LogP contribution in [0.5, 0.6) is 0 Å². The Morgan fingerprint density at radius 2 is 1.40 bits per heavy atom. The summed E-state index contributed by atoms with van der Waals surface area (Å²) in [5.74, 6) is 0. The first-order valence-corrected chi connectivity index (χ1v) is 13.0. The Kier molecular flexibility index (Phi) is 4.68. The lowest BCUT2D eigenvalue weighted by Crippen LogP contribution is -2.58. The molecule has 2 heterocycles. The third-order valence-corrected chi connectivity index (χ3v) is 12.0. The predicted octanol–water partition coefficient (Wildman–Crippen LogP) is 6.72. The van der Waals surface area contributed by atoms with Crippen LogP contribution in [0, 0.1) is 0 Å². The summed E-state index contributed by atoms with van der Waals surface area (Å²) in [7, 11) is -2.24. The number of rotatable bonds is 4. The number of para-hydroxylation sites is 1. The smallest absolute Gasteiger partial charge is 0.231 e. The van der Waals surface area contributed by atoms with Crippen molar-refractivity contribution in [2.45, 2.75) is 44.9 Å². The van der Waals surface area contributed by atoms with Crippen LogP contribution in [-0.2, 0) is 4.43 Å². The van der Waals surface area contributed by atoms with Crippen LogP contribution in [0.4, 0.5) is 0 Å². The zero-order valence-electron chi connectivity index (χ0n) is 18.2. The van der Waals surface area contributed by atoms with Gasteiger partial charge in [0.1, 0.15) is 0 Å². The van der Waals surface area contributed by atoms with Gasteiger partial charge in [0.05, 0.1) is 11.6 Å². The van der Waals surface area contributed by atoms with Gasteiger partial charge >= 0.3 is 0 Å². The fourth-order valence-corrected chi connectivity index (χ4v) is 10.3. The third kappa shape index (κ3) is 2.73. The van der Waals surface area contributed by atoms with E-state index in [9.17, 15) is 0 Å². The zero-order valence-corrected chi connectivity index (χ0v) is 19.2. The maximum absolute atomic E-state index is 7.27. The molecule has 3 heteroatoms. The van der Waals surface area contributed by atoms with Gasteiger partial charge in [-0.15, -0.1) is 0 Å². The van der Waals surface area contributed by atoms with Crippen molar-refractivity contribution in [2.24, 2.45) is 0 Å². The number of hydrogen-bond donors (Lipinski definition) is 0. The van der Waals surface area contributed by atoms with Crippen molar-refractivity contribution in [1.82, 2.24) is 4.57 Å². The summed E-state index contributed by atoms with van der Waals surface area (Å²) in [6, 6.07) is 28.2. The number of benzene rings is 3. The van der Waals surface area contributed by atoms with Crippen LogP contribution in [0.2, 0.25) is 11.1 Å². The van der Waals surface area contributed by atoms with Crippen LogP contribution in [0.25, 0.3) is 16.6 Å². The highest BCUT2D eigenvalue weighted by Gasteiger charge is 2.50. The minimum Gasteiger partial charge on any atom is -0.401 e. The summed E-state index contributed by atoms with van der Waals surface area (Å²) in [5, 5.41) is 2.87. The molecule has 0 spiro atoms. The van der Waals surface area contributed by atoms with Gasteiger partial charge in [-0.3, -0.25) is 0 Å². The molecule has 1 aromatic heterocycles. The quantitative estimate of drug-likeness (QED) is 0.340. The van der Waals surface area contributed by atoms with E-state index < -0.39 is 8.32 Å². The van der Waals surface area contributed by atoms with Crippen molar-refractivity contribution in [3.63, 3.8) is 0 Å². The lowest BCUT2D eigenvalue weighted by Gasteiger charge is -2.45. The van der Waals surface area contributed by atoms with E-state index in [0.717, 1.165) is 0 Å². The Bertz CT molecular complexity index is 1170. The summed E-state index contributed by atoms with van der Waals surface area (Å²) < 4.78 is 9.62. The fourth-order valence-electron chi connectivity index (χ4n) is 5.40. The van der Waals surface area contributed by atoms with Crippen molar-refractivity contribution < 1.29 is 4.43 Å². The van der Waals surface area contributed by atoms with Gasteiger partial charge in [-0.1, -0.05) is 88.4 Å². The first-order valence-electron chi connectivity index (χ1n) is 11.0. The molecule has 0 bridgehead atoms. The molecule has 1 aliphatic rings. The van der Waals surface area contributed by atoms with Gasteiger partial charge in [-0.05, 0) is 40.0 Å². The molecule has 4 aromatic rings. The van der Waals surface area contributed by atoms with E-state index in [1.165, 1.54) is 32.9 Å². The van der Waals surface area contributed by atoms with Crippen molar-refractivity contribution >= 4 is 24.4 Å². The summed E-state index contributed by atoms with van der Waals surface area (Å²) >= 11 is 0. The van der Waals surface area contributed by atoms with Gasteiger partial charge in [0.15, 0.2) is 0 Å². The lowest BCUT2D eigenvalue weighted by molar-refractivity contribution is 0.225. The van der Waals surface area contributed by atoms with Gasteiger partial charge < -0.3 is 8.99 Å². The van der Waals surface area contributed by atoms with Crippen LogP contribution in [0.3, 0.4) is 0 Å². The molecular formula is C27H29NOSi. The normalized spacial score (nSPS) is 17.7. The second-order valence-electron chi connectivity index (χ2n) is 9.00. The SMILES string of the molecule is CC(C)[Si]1(C(C)C)OC(c2ccccc2)c2cn(-c3ccccc3)c3cccc1c23. The standard InChI is InChI=1S/C27H29NOSi/c1-19(2)30(20(3)4)25-17-11-16-24-26(25)23(18-28(24)22-14-9-6-10-15-22)27(29-30)21-12-7-5-8-13-21/h5-20,27H,1-4H3. The van der Waals surface area contributed by atoms with Gasteiger partial charge in [-0.2, -0.15) is 0 Å². The summed E-state index contributed by atoms with van der Waals surface area (Å²) in [5.41, 5.74) is 6.00. The van der Waals surface area contributed by atoms with Crippen LogP contribution >= 0.6 is 0 Å². The zero-order chi connectivity index (χ0) is 20.9. The number of hydrogen-bond acceptors (Lipinski definition) is 1. The van der Waals surface area contributed by atoms with E-state index in [-0.39, 0.29) is 6.10 Å². The molecule has 1 unspecified atom stereocenters. The van der Waals surface area contributed by atoms with E-state index in [4.69, 9.17) is 4.43 Å². The Hall–Kier alpha value is -2.62. The van der Waals surface area contributed by atoms with E-state index in [1.54, 1.807) is 0 Å². The molecule has 5 rings (SSSR count). The molecule has 2 nitrogen and oxygen atoms in total. The average molecular weight is 412 g/mol. The second-order valence-corrected chi connectivity index (χ2v) is 13.7. The van der Waals surface area contributed by atoms with Crippen molar-refractivity contribution in [2.75, 3.05) is 0 Å². The monoisotopic (exact) mass is 411 g/mol. The molecule has 0 fully saturated rings. The molecule has 0 N–H and O–H groups in total. The lowest BCUT2D eigenvalue weighted by atomic mass is 10.0. The fraction of sp³-hybridized carbons (Fsp3) is 0.259. The topological polar surface area (TPSA) is 14.2 Å². The van der Waals surface area contributed by atoms with E-state index in [1.807, 2.05) is 0 Å². The van der Waals surface area contributed by atoms with Crippen molar-refractivity contribution in [3.8, 4) is 5.69 Å².